The number of rotatable bonds is 11. The minimum Gasteiger partial charge on any atom is -0.491 e. The minimum absolute atomic E-state index is 0.547. The Hall–Kier alpha value is -1.06. The van der Waals surface area contributed by atoms with Gasteiger partial charge in [0, 0.05) is 13.2 Å². The Kier molecular flexibility index (Phi) is 9.11. The molecule has 0 aliphatic rings. The fourth-order valence-electron chi connectivity index (χ4n) is 1.89. The smallest absolute Gasteiger partial charge is 0.119 e. The van der Waals surface area contributed by atoms with Crippen molar-refractivity contribution in [2.75, 3.05) is 19.8 Å². The first-order chi connectivity index (χ1) is 9.36. The van der Waals surface area contributed by atoms with Crippen LogP contribution >= 0.6 is 0 Å². The molecule has 108 valence electrons. The van der Waals surface area contributed by atoms with E-state index >= 15 is 0 Å². The van der Waals surface area contributed by atoms with Gasteiger partial charge in [-0.15, -0.1) is 0 Å². The van der Waals surface area contributed by atoms with E-state index in [4.69, 9.17) is 15.2 Å². The van der Waals surface area contributed by atoms with E-state index in [9.17, 15) is 0 Å². The van der Waals surface area contributed by atoms with Gasteiger partial charge in [0.1, 0.15) is 12.4 Å². The molecular formula is C16H27NO2. The molecule has 0 atom stereocenters. The Morgan fingerprint density at radius 1 is 1.00 bits per heavy atom. The fourth-order valence-corrected chi connectivity index (χ4v) is 1.89. The second-order valence-corrected chi connectivity index (χ2v) is 4.73. The van der Waals surface area contributed by atoms with Crippen molar-refractivity contribution in [3.8, 4) is 5.75 Å². The molecule has 0 radical (unpaired) electrons. The summed E-state index contributed by atoms with van der Waals surface area (Å²) in [7, 11) is 0. The number of unbranched alkanes of at least 4 members (excludes halogenated alkanes) is 4. The van der Waals surface area contributed by atoms with Crippen molar-refractivity contribution in [3.05, 3.63) is 29.8 Å². The topological polar surface area (TPSA) is 44.5 Å². The molecule has 0 heterocycles. The van der Waals surface area contributed by atoms with Crippen molar-refractivity contribution in [1.29, 1.82) is 0 Å². The Balaban J connectivity index is 1.98. The SMILES string of the molecule is CCCCCCCOCCOc1cccc(CN)c1. The van der Waals surface area contributed by atoms with Crippen molar-refractivity contribution in [2.45, 2.75) is 45.6 Å². The van der Waals surface area contributed by atoms with Gasteiger partial charge < -0.3 is 15.2 Å². The molecule has 0 saturated carbocycles. The number of nitrogens with two attached hydrogens (primary N) is 1. The number of hydrogen-bond donors (Lipinski definition) is 1. The van der Waals surface area contributed by atoms with E-state index in [1.165, 1.54) is 25.7 Å². The molecule has 3 nitrogen and oxygen atoms in total. The van der Waals surface area contributed by atoms with Crippen LogP contribution in [0.25, 0.3) is 0 Å². The first-order valence-corrected chi connectivity index (χ1v) is 7.36. The van der Waals surface area contributed by atoms with Crippen LogP contribution in [0.2, 0.25) is 0 Å². The van der Waals surface area contributed by atoms with Gasteiger partial charge in [0.2, 0.25) is 0 Å². The van der Waals surface area contributed by atoms with Crippen molar-refractivity contribution in [3.63, 3.8) is 0 Å². The maximum absolute atomic E-state index is 5.61. The Labute approximate surface area is 117 Å². The second-order valence-electron chi connectivity index (χ2n) is 4.73. The van der Waals surface area contributed by atoms with Gasteiger partial charge >= 0.3 is 0 Å². The normalized spacial score (nSPS) is 10.6. The molecule has 3 heteroatoms. The van der Waals surface area contributed by atoms with Crippen molar-refractivity contribution in [1.82, 2.24) is 0 Å². The Morgan fingerprint density at radius 2 is 1.84 bits per heavy atom. The van der Waals surface area contributed by atoms with Gasteiger partial charge in [-0.3, -0.25) is 0 Å². The monoisotopic (exact) mass is 265 g/mol. The molecular weight excluding hydrogens is 238 g/mol. The van der Waals surface area contributed by atoms with Crippen LogP contribution < -0.4 is 10.5 Å². The predicted molar refractivity (Wildman–Crippen MR) is 79.4 cm³/mol. The predicted octanol–water partition coefficient (Wildman–Crippen LogP) is 3.51. The lowest BCUT2D eigenvalue weighted by molar-refractivity contribution is 0.0970. The third-order valence-corrected chi connectivity index (χ3v) is 3.02. The van der Waals surface area contributed by atoms with Gasteiger partial charge in [-0.1, -0.05) is 44.7 Å². The van der Waals surface area contributed by atoms with E-state index < -0.39 is 0 Å². The van der Waals surface area contributed by atoms with Crippen molar-refractivity contribution < 1.29 is 9.47 Å². The first-order valence-electron chi connectivity index (χ1n) is 7.36. The maximum Gasteiger partial charge on any atom is 0.119 e. The highest BCUT2D eigenvalue weighted by Crippen LogP contribution is 2.12. The van der Waals surface area contributed by atoms with Gasteiger partial charge in [-0.25, -0.2) is 0 Å². The highest BCUT2D eigenvalue weighted by Gasteiger charge is 1.96. The Morgan fingerprint density at radius 3 is 2.63 bits per heavy atom. The van der Waals surface area contributed by atoms with Gasteiger partial charge in [0.25, 0.3) is 0 Å². The number of hydrogen-bond acceptors (Lipinski definition) is 3. The average Bonchev–Trinajstić information content (AvgIpc) is 2.46. The van der Waals surface area contributed by atoms with Crippen LogP contribution in [-0.2, 0) is 11.3 Å². The molecule has 1 rings (SSSR count). The van der Waals surface area contributed by atoms with Crippen LogP contribution in [0.3, 0.4) is 0 Å². The summed E-state index contributed by atoms with van der Waals surface area (Å²) in [6, 6.07) is 7.89. The van der Waals surface area contributed by atoms with Crippen LogP contribution in [-0.4, -0.2) is 19.8 Å². The highest BCUT2D eigenvalue weighted by molar-refractivity contribution is 5.28. The van der Waals surface area contributed by atoms with E-state index in [1.807, 2.05) is 24.3 Å². The lowest BCUT2D eigenvalue weighted by Crippen LogP contribution is -2.08. The summed E-state index contributed by atoms with van der Waals surface area (Å²) in [6.45, 7) is 4.87. The van der Waals surface area contributed by atoms with Crippen LogP contribution in [0.5, 0.6) is 5.75 Å². The minimum atomic E-state index is 0.547. The molecule has 0 unspecified atom stereocenters. The van der Waals surface area contributed by atoms with Gasteiger partial charge in [0.15, 0.2) is 0 Å². The van der Waals surface area contributed by atoms with Crippen LogP contribution in [0.1, 0.15) is 44.6 Å². The van der Waals surface area contributed by atoms with Crippen LogP contribution in [0, 0.1) is 0 Å². The quantitative estimate of drug-likeness (QED) is 0.623. The molecule has 2 N–H and O–H groups in total. The summed E-state index contributed by atoms with van der Waals surface area (Å²) in [5.74, 6) is 0.870. The zero-order valence-corrected chi connectivity index (χ0v) is 12.1. The molecule has 19 heavy (non-hydrogen) atoms. The van der Waals surface area contributed by atoms with E-state index in [0.29, 0.717) is 19.8 Å². The molecule has 0 saturated heterocycles. The first kappa shape index (κ1) is 16.0. The Bertz CT molecular complexity index is 328. The lowest BCUT2D eigenvalue weighted by atomic mass is 10.2. The van der Waals surface area contributed by atoms with Gasteiger partial charge in [0.05, 0.1) is 6.61 Å². The summed E-state index contributed by atoms with van der Waals surface area (Å²) in [5.41, 5.74) is 6.67. The maximum atomic E-state index is 5.61. The number of benzene rings is 1. The van der Waals surface area contributed by atoms with E-state index in [-0.39, 0.29) is 0 Å². The second kappa shape index (κ2) is 10.8. The molecule has 0 fully saturated rings. The summed E-state index contributed by atoms with van der Waals surface area (Å²) in [6.07, 6.45) is 6.37. The lowest BCUT2D eigenvalue weighted by Gasteiger charge is -2.08. The van der Waals surface area contributed by atoms with E-state index in [1.54, 1.807) is 0 Å². The zero-order chi connectivity index (χ0) is 13.8. The summed E-state index contributed by atoms with van der Waals surface area (Å²) >= 11 is 0. The van der Waals surface area contributed by atoms with Crippen molar-refractivity contribution in [2.24, 2.45) is 5.73 Å². The molecule has 0 bridgehead atoms. The fraction of sp³-hybridized carbons (Fsp3) is 0.625. The zero-order valence-electron chi connectivity index (χ0n) is 12.1. The third-order valence-electron chi connectivity index (χ3n) is 3.02. The molecule has 0 aliphatic heterocycles. The molecule has 1 aromatic rings. The van der Waals surface area contributed by atoms with Crippen LogP contribution in [0.4, 0.5) is 0 Å². The standard InChI is InChI=1S/C16H27NO2/c1-2-3-4-5-6-10-18-11-12-19-16-9-7-8-15(13-16)14-17/h7-9,13H,2-6,10-12,14,17H2,1H3. The van der Waals surface area contributed by atoms with Crippen LogP contribution in [0.15, 0.2) is 24.3 Å². The van der Waals surface area contributed by atoms with E-state index in [0.717, 1.165) is 24.3 Å². The average molecular weight is 265 g/mol. The van der Waals surface area contributed by atoms with Gasteiger partial charge in [-0.05, 0) is 24.1 Å². The van der Waals surface area contributed by atoms with Crippen molar-refractivity contribution >= 4 is 0 Å². The van der Waals surface area contributed by atoms with E-state index in [2.05, 4.69) is 6.92 Å². The summed E-state index contributed by atoms with van der Waals surface area (Å²) in [4.78, 5) is 0. The third kappa shape index (κ3) is 7.85. The molecule has 0 spiro atoms. The molecule has 0 amide bonds. The largest absolute Gasteiger partial charge is 0.491 e. The molecule has 0 aliphatic carbocycles. The summed E-state index contributed by atoms with van der Waals surface area (Å²) < 4.78 is 11.2. The summed E-state index contributed by atoms with van der Waals surface area (Å²) in [5, 5.41) is 0. The van der Waals surface area contributed by atoms with Gasteiger partial charge in [-0.2, -0.15) is 0 Å². The molecule has 0 aromatic heterocycles. The molecule has 1 aromatic carbocycles. The number of ether oxygens (including phenoxy) is 2. The highest BCUT2D eigenvalue weighted by atomic mass is 16.5.